The fourth-order valence-corrected chi connectivity index (χ4v) is 2.63. The van der Waals surface area contributed by atoms with Gasteiger partial charge in [0.1, 0.15) is 5.82 Å². The fraction of sp³-hybridized carbons (Fsp3) is 0.733. The Labute approximate surface area is 114 Å². The van der Waals surface area contributed by atoms with Crippen LogP contribution >= 0.6 is 0 Å². The number of rotatable bonds is 6. The second-order valence-electron chi connectivity index (χ2n) is 6.04. The smallest absolute Gasteiger partial charge is 0.223 e. The molecule has 0 saturated heterocycles. The molecule has 104 valence electrons. The molecule has 4 heteroatoms. The molecule has 1 aromatic rings. The Bertz CT molecular complexity index is 458. The maximum Gasteiger partial charge on any atom is 0.223 e. The van der Waals surface area contributed by atoms with E-state index in [-0.39, 0.29) is 11.8 Å². The molecule has 1 amide bonds. The lowest BCUT2D eigenvalue weighted by molar-refractivity contribution is -0.127. The molecule has 1 N–H and O–H groups in total. The lowest BCUT2D eigenvalue weighted by Gasteiger charge is -2.24. The lowest BCUT2D eigenvalue weighted by Crippen LogP contribution is -2.35. The van der Waals surface area contributed by atoms with E-state index in [0.29, 0.717) is 0 Å². The van der Waals surface area contributed by atoms with Crippen molar-refractivity contribution in [3.05, 3.63) is 17.7 Å². The average molecular weight is 261 g/mol. The van der Waals surface area contributed by atoms with Crippen molar-refractivity contribution in [3.63, 3.8) is 0 Å². The van der Waals surface area contributed by atoms with E-state index in [2.05, 4.69) is 21.8 Å². The summed E-state index contributed by atoms with van der Waals surface area (Å²) >= 11 is 0. The van der Waals surface area contributed by atoms with Gasteiger partial charge in [-0.15, -0.1) is 0 Å². The number of hydrogen-bond acceptors (Lipinski definition) is 2. The predicted octanol–water partition coefficient (Wildman–Crippen LogP) is 2.06. The zero-order valence-electron chi connectivity index (χ0n) is 11.7. The van der Waals surface area contributed by atoms with Gasteiger partial charge in [0.2, 0.25) is 5.91 Å². The van der Waals surface area contributed by atoms with Gasteiger partial charge in [0, 0.05) is 37.3 Å². The molecule has 3 rings (SSSR count). The van der Waals surface area contributed by atoms with Crippen LogP contribution in [0.1, 0.15) is 43.6 Å². The number of amides is 1. The van der Waals surface area contributed by atoms with Gasteiger partial charge >= 0.3 is 0 Å². The standard InChI is InChI=1S/C15H23N3O/c1-11-9-17-14(18(11)10-12-5-6-12)7-8-16-15(19)13-3-2-4-13/h9,12-13H,2-8,10H2,1H3,(H,16,19). The van der Waals surface area contributed by atoms with Gasteiger partial charge in [0.15, 0.2) is 0 Å². The van der Waals surface area contributed by atoms with E-state index in [1.165, 1.54) is 25.0 Å². The number of nitrogens with one attached hydrogen (secondary N) is 1. The molecule has 2 saturated carbocycles. The lowest BCUT2D eigenvalue weighted by atomic mass is 9.85. The van der Waals surface area contributed by atoms with Crippen LogP contribution < -0.4 is 5.32 Å². The molecular formula is C15H23N3O. The SMILES string of the molecule is Cc1cnc(CCNC(=O)C2CCC2)n1CC1CC1. The monoisotopic (exact) mass is 261 g/mol. The Morgan fingerprint density at radius 2 is 2.21 bits per heavy atom. The molecule has 19 heavy (non-hydrogen) atoms. The topological polar surface area (TPSA) is 46.9 Å². The largest absolute Gasteiger partial charge is 0.355 e. The van der Waals surface area contributed by atoms with Crippen molar-refractivity contribution in [2.24, 2.45) is 11.8 Å². The Balaban J connectivity index is 1.49. The first-order valence-electron chi connectivity index (χ1n) is 7.53. The van der Waals surface area contributed by atoms with Gasteiger partial charge in [0.25, 0.3) is 0 Å². The Kier molecular flexibility index (Phi) is 3.58. The number of imidazole rings is 1. The molecule has 0 aromatic carbocycles. The first-order chi connectivity index (χ1) is 9.24. The van der Waals surface area contributed by atoms with Crippen molar-refractivity contribution in [1.29, 1.82) is 0 Å². The van der Waals surface area contributed by atoms with Gasteiger partial charge in [-0.05, 0) is 38.5 Å². The minimum atomic E-state index is 0.239. The van der Waals surface area contributed by atoms with Crippen molar-refractivity contribution in [1.82, 2.24) is 14.9 Å². The molecule has 4 nitrogen and oxygen atoms in total. The van der Waals surface area contributed by atoms with Crippen LogP contribution in [0.25, 0.3) is 0 Å². The molecule has 0 unspecified atom stereocenters. The molecule has 0 spiro atoms. The van der Waals surface area contributed by atoms with Crippen molar-refractivity contribution >= 4 is 5.91 Å². The molecule has 2 fully saturated rings. The highest BCUT2D eigenvalue weighted by molar-refractivity contribution is 5.79. The Hall–Kier alpha value is -1.32. The molecule has 0 radical (unpaired) electrons. The molecule has 1 heterocycles. The minimum absolute atomic E-state index is 0.239. The van der Waals surface area contributed by atoms with Crippen molar-refractivity contribution in [2.75, 3.05) is 6.54 Å². The summed E-state index contributed by atoms with van der Waals surface area (Å²) in [5.74, 6) is 2.51. The number of nitrogens with zero attached hydrogens (tertiary/aromatic N) is 2. The van der Waals surface area contributed by atoms with E-state index < -0.39 is 0 Å². The van der Waals surface area contributed by atoms with Crippen molar-refractivity contribution in [2.45, 2.75) is 52.0 Å². The fourth-order valence-electron chi connectivity index (χ4n) is 2.63. The first-order valence-corrected chi connectivity index (χ1v) is 7.53. The zero-order valence-corrected chi connectivity index (χ0v) is 11.7. The Morgan fingerprint density at radius 3 is 2.84 bits per heavy atom. The highest BCUT2D eigenvalue weighted by atomic mass is 16.1. The van der Waals surface area contributed by atoms with Crippen LogP contribution in [0.3, 0.4) is 0 Å². The van der Waals surface area contributed by atoms with Gasteiger partial charge < -0.3 is 9.88 Å². The first kappa shape index (κ1) is 12.7. The van der Waals surface area contributed by atoms with Crippen molar-refractivity contribution < 1.29 is 4.79 Å². The van der Waals surface area contributed by atoms with E-state index >= 15 is 0 Å². The maximum atomic E-state index is 11.8. The summed E-state index contributed by atoms with van der Waals surface area (Å²) in [7, 11) is 0. The van der Waals surface area contributed by atoms with Crippen LogP contribution in [0, 0.1) is 18.8 Å². The zero-order chi connectivity index (χ0) is 13.2. The van der Waals surface area contributed by atoms with Gasteiger partial charge in [-0.2, -0.15) is 0 Å². The Morgan fingerprint density at radius 1 is 1.42 bits per heavy atom. The summed E-state index contributed by atoms with van der Waals surface area (Å²) < 4.78 is 2.33. The predicted molar refractivity (Wildman–Crippen MR) is 73.7 cm³/mol. The molecule has 2 aliphatic carbocycles. The number of hydrogen-bond donors (Lipinski definition) is 1. The quantitative estimate of drug-likeness (QED) is 0.852. The van der Waals surface area contributed by atoms with E-state index in [0.717, 1.165) is 44.1 Å². The van der Waals surface area contributed by atoms with Crippen molar-refractivity contribution in [3.8, 4) is 0 Å². The molecular weight excluding hydrogens is 238 g/mol. The van der Waals surface area contributed by atoms with Crippen LogP contribution in [-0.2, 0) is 17.8 Å². The van der Waals surface area contributed by atoms with Gasteiger partial charge in [-0.3, -0.25) is 4.79 Å². The number of aromatic nitrogens is 2. The summed E-state index contributed by atoms with van der Waals surface area (Å²) in [6, 6.07) is 0. The van der Waals surface area contributed by atoms with Gasteiger partial charge in [0.05, 0.1) is 0 Å². The number of aryl methyl sites for hydroxylation is 1. The van der Waals surface area contributed by atoms with Crippen LogP contribution in [0.15, 0.2) is 6.20 Å². The van der Waals surface area contributed by atoms with Gasteiger partial charge in [-0.25, -0.2) is 4.98 Å². The van der Waals surface area contributed by atoms with E-state index in [1.807, 2.05) is 6.20 Å². The number of carbonyl (C=O) groups is 1. The van der Waals surface area contributed by atoms with E-state index in [1.54, 1.807) is 0 Å². The van der Waals surface area contributed by atoms with E-state index in [9.17, 15) is 4.79 Å². The third-order valence-corrected chi connectivity index (χ3v) is 4.40. The van der Waals surface area contributed by atoms with Crippen LogP contribution in [0.4, 0.5) is 0 Å². The number of carbonyl (C=O) groups excluding carboxylic acids is 1. The summed E-state index contributed by atoms with van der Waals surface area (Å²) in [5, 5.41) is 3.05. The van der Waals surface area contributed by atoms with Crippen LogP contribution in [-0.4, -0.2) is 22.0 Å². The maximum absolute atomic E-state index is 11.8. The molecule has 0 atom stereocenters. The third kappa shape index (κ3) is 2.99. The second kappa shape index (κ2) is 5.35. The molecule has 1 aromatic heterocycles. The minimum Gasteiger partial charge on any atom is -0.355 e. The summed E-state index contributed by atoms with van der Waals surface area (Å²) in [6.07, 6.45) is 8.86. The molecule has 0 bridgehead atoms. The highest BCUT2D eigenvalue weighted by Gasteiger charge is 2.25. The normalized spacial score (nSPS) is 19.2. The third-order valence-electron chi connectivity index (χ3n) is 4.40. The summed E-state index contributed by atoms with van der Waals surface area (Å²) in [5.41, 5.74) is 1.24. The second-order valence-corrected chi connectivity index (χ2v) is 6.04. The summed E-state index contributed by atoms with van der Waals surface area (Å²) in [4.78, 5) is 16.2. The van der Waals surface area contributed by atoms with Crippen LogP contribution in [0.2, 0.25) is 0 Å². The highest BCUT2D eigenvalue weighted by Crippen LogP contribution is 2.31. The summed E-state index contributed by atoms with van der Waals surface area (Å²) in [6.45, 7) is 3.94. The average Bonchev–Trinajstić information content (AvgIpc) is 3.06. The van der Waals surface area contributed by atoms with Crippen LogP contribution in [0.5, 0.6) is 0 Å². The molecule has 0 aliphatic heterocycles. The van der Waals surface area contributed by atoms with E-state index in [4.69, 9.17) is 0 Å². The molecule has 2 aliphatic rings. The van der Waals surface area contributed by atoms with Gasteiger partial charge in [-0.1, -0.05) is 6.42 Å².